The van der Waals surface area contributed by atoms with Crippen LogP contribution >= 0.6 is 11.6 Å². The number of carbonyl (C=O) groups excluding carboxylic acids is 1. The molecule has 1 aromatic heterocycles. The highest BCUT2D eigenvalue weighted by Crippen LogP contribution is 2.30. The standard InChI is InChI=1S/C20H21ClFNO/c21-18-9-8-17(11-19(18)22)20-10-7-15(12-23-20)4-1-14-2-5-16(13-24)6-3-14/h7-14,16H,1-6H2. The van der Waals surface area contributed by atoms with Crippen molar-refractivity contribution in [3.05, 3.63) is 52.9 Å². The highest BCUT2D eigenvalue weighted by atomic mass is 35.5. The smallest absolute Gasteiger partial charge is 0.142 e. The first-order valence-corrected chi connectivity index (χ1v) is 8.89. The SMILES string of the molecule is O=CC1CCC(CCc2ccc(-c3ccc(Cl)c(F)c3)nc2)CC1. The van der Waals surface area contributed by atoms with Crippen LogP contribution in [-0.2, 0) is 11.2 Å². The summed E-state index contributed by atoms with van der Waals surface area (Å²) < 4.78 is 13.5. The Hall–Kier alpha value is -1.74. The molecule has 0 radical (unpaired) electrons. The highest BCUT2D eigenvalue weighted by Gasteiger charge is 2.20. The minimum Gasteiger partial charge on any atom is -0.303 e. The zero-order valence-electron chi connectivity index (χ0n) is 13.6. The molecule has 0 spiro atoms. The second-order valence-corrected chi connectivity index (χ2v) is 7.04. The van der Waals surface area contributed by atoms with Crippen molar-refractivity contribution < 1.29 is 9.18 Å². The van der Waals surface area contributed by atoms with E-state index in [-0.39, 0.29) is 10.9 Å². The first-order valence-electron chi connectivity index (χ1n) is 8.51. The van der Waals surface area contributed by atoms with Gasteiger partial charge in [0.15, 0.2) is 0 Å². The number of nitrogens with zero attached hydrogens (tertiary/aromatic N) is 1. The zero-order valence-corrected chi connectivity index (χ0v) is 14.3. The molecule has 3 rings (SSSR count). The van der Waals surface area contributed by atoms with Crippen molar-refractivity contribution in [2.45, 2.75) is 38.5 Å². The average molecular weight is 346 g/mol. The first kappa shape index (κ1) is 17.1. The van der Waals surface area contributed by atoms with Crippen molar-refractivity contribution >= 4 is 17.9 Å². The molecular weight excluding hydrogens is 325 g/mol. The van der Waals surface area contributed by atoms with Crippen LogP contribution in [0.1, 0.15) is 37.7 Å². The van der Waals surface area contributed by atoms with Crippen molar-refractivity contribution in [1.82, 2.24) is 4.98 Å². The summed E-state index contributed by atoms with van der Waals surface area (Å²) in [5.74, 6) is 0.569. The quantitative estimate of drug-likeness (QED) is 0.672. The number of aromatic nitrogens is 1. The van der Waals surface area contributed by atoms with E-state index in [1.54, 1.807) is 12.1 Å². The Bertz CT molecular complexity index is 693. The summed E-state index contributed by atoms with van der Waals surface area (Å²) >= 11 is 5.71. The van der Waals surface area contributed by atoms with Crippen LogP contribution in [0, 0.1) is 17.7 Å². The van der Waals surface area contributed by atoms with Crippen LogP contribution in [0.4, 0.5) is 4.39 Å². The maximum atomic E-state index is 13.5. The van der Waals surface area contributed by atoms with Gasteiger partial charge in [-0.25, -0.2) is 4.39 Å². The number of rotatable bonds is 5. The van der Waals surface area contributed by atoms with Crippen LogP contribution in [0.3, 0.4) is 0 Å². The largest absolute Gasteiger partial charge is 0.303 e. The molecule has 2 aromatic rings. The Kier molecular flexibility index (Phi) is 5.62. The summed E-state index contributed by atoms with van der Waals surface area (Å²) in [6.07, 6.45) is 9.50. The number of pyridine rings is 1. The van der Waals surface area contributed by atoms with Gasteiger partial charge < -0.3 is 4.79 Å². The lowest BCUT2D eigenvalue weighted by Gasteiger charge is -2.25. The normalized spacial score (nSPS) is 20.8. The van der Waals surface area contributed by atoms with Crippen LogP contribution in [0.15, 0.2) is 36.5 Å². The fraction of sp³-hybridized carbons (Fsp3) is 0.400. The highest BCUT2D eigenvalue weighted by molar-refractivity contribution is 6.30. The molecule has 1 aliphatic rings. The van der Waals surface area contributed by atoms with Crippen molar-refractivity contribution in [2.75, 3.05) is 0 Å². The summed E-state index contributed by atoms with van der Waals surface area (Å²) in [7, 11) is 0. The zero-order chi connectivity index (χ0) is 16.9. The van der Waals surface area contributed by atoms with Gasteiger partial charge in [0.25, 0.3) is 0 Å². The van der Waals surface area contributed by atoms with E-state index < -0.39 is 5.82 Å². The van der Waals surface area contributed by atoms with Crippen LogP contribution in [0.2, 0.25) is 5.02 Å². The lowest BCUT2D eigenvalue weighted by Crippen LogP contribution is -2.15. The van der Waals surface area contributed by atoms with Crippen LogP contribution < -0.4 is 0 Å². The van der Waals surface area contributed by atoms with Crippen LogP contribution in [0.25, 0.3) is 11.3 Å². The topological polar surface area (TPSA) is 30.0 Å². The van der Waals surface area contributed by atoms with Gasteiger partial charge >= 0.3 is 0 Å². The van der Waals surface area contributed by atoms with Crippen LogP contribution in [0.5, 0.6) is 0 Å². The van der Waals surface area contributed by atoms with E-state index in [0.717, 1.165) is 56.1 Å². The molecule has 1 saturated carbocycles. The molecule has 24 heavy (non-hydrogen) atoms. The van der Waals surface area contributed by atoms with E-state index in [1.807, 2.05) is 12.3 Å². The minimum atomic E-state index is -0.425. The number of carbonyl (C=O) groups is 1. The summed E-state index contributed by atoms with van der Waals surface area (Å²) in [4.78, 5) is 15.2. The van der Waals surface area contributed by atoms with Crippen LogP contribution in [-0.4, -0.2) is 11.3 Å². The maximum Gasteiger partial charge on any atom is 0.142 e. The lowest BCUT2D eigenvalue weighted by atomic mass is 9.80. The maximum absolute atomic E-state index is 13.5. The molecule has 4 heteroatoms. The molecule has 0 unspecified atom stereocenters. The second kappa shape index (κ2) is 7.89. The van der Waals surface area contributed by atoms with Gasteiger partial charge in [-0.15, -0.1) is 0 Å². The molecule has 1 aliphatic carbocycles. The molecule has 0 aliphatic heterocycles. The molecular formula is C20H21ClFNO. The van der Waals surface area contributed by atoms with Gasteiger partial charge in [-0.3, -0.25) is 4.98 Å². The molecule has 0 bridgehead atoms. The number of aryl methyl sites for hydroxylation is 1. The molecule has 0 atom stereocenters. The van der Waals surface area contributed by atoms with Gasteiger partial charge in [0.1, 0.15) is 12.1 Å². The molecule has 1 aromatic carbocycles. The minimum absolute atomic E-state index is 0.125. The Morgan fingerprint density at radius 1 is 1.17 bits per heavy atom. The Morgan fingerprint density at radius 3 is 2.58 bits per heavy atom. The summed E-state index contributed by atoms with van der Waals surface area (Å²) in [5, 5.41) is 0.125. The number of hydrogen-bond acceptors (Lipinski definition) is 2. The van der Waals surface area contributed by atoms with Crippen molar-refractivity contribution in [1.29, 1.82) is 0 Å². The third-order valence-corrected chi connectivity index (χ3v) is 5.27. The van der Waals surface area contributed by atoms with Crippen molar-refractivity contribution in [3.8, 4) is 11.3 Å². The summed E-state index contributed by atoms with van der Waals surface area (Å²) in [5.41, 5.74) is 2.68. The van der Waals surface area contributed by atoms with E-state index in [2.05, 4.69) is 11.1 Å². The fourth-order valence-corrected chi connectivity index (χ4v) is 3.50. The van der Waals surface area contributed by atoms with Gasteiger partial charge in [0, 0.05) is 17.7 Å². The number of hydrogen-bond donors (Lipinski definition) is 0. The van der Waals surface area contributed by atoms with E-state index in [9.17, 15) is 9.18 Å². The monoisotopic (exact) mass is 345 g/mol. The Morgan fingerprint density at radius 2 is 1.96 bits per heavy atom. The van der Waals surface area contributed by atoms with Crippen molar-refractivity contribution in [2.24, 2.45) is 11.8 Å². The third kappa shape index (κ3) is 4.21. The second-order valence-electron chi connectivity index (χ2n) is 6.64. The molecule has 2 nitrogen and oxygen atoms in total. The summed E-state index contributed by atoms with van der Waals surface area (Å²) in [6, 6.07) is 8.74. The number of aldehydes is 1. The first-order chi connectivity index (χ1) is 11.7. The predicted octanol–water partition coefficient (Wildman–Crippen LogP) is 5.48. The lowest BCUT2D eigenvalue weighted by molar-refractivity contribution is -0.112. The molecule has 126 valence electrons. The summed E-state index contributed by atoms with van der Waals surface area (Å²) in [6.45, 7) is 0. The molecule has 0 N–H and O–H groups in total. The fourth-order valence-electron chi connectivity index (χ4n) is 3.38. The third-order valence-electron chi connectivity index (χ3n) is 4.97. The van der Waals surface area contributed by atoms with Crippen molar-refractivity contribution in [3.63, 3.8) is 0 Å². The number of halogens is 2. The Balaban J connectivity index is 1.57. The van der Waals surface area contributed by atoms with Gasteiger partial charge in [0.2, 0.25) is 0 Å². The Labute approximate surface area is 147 Å². The van der Waals surface area contributed by atoms with E-state index in [4.69, 9.17) is 11.6 Å². The predicted molar refractivity (Wildman–Crippen MR) is 94.5 cm³/mol. The average Bonchev–Trinajstić information content (AvgIpc) is 2.63. The molecule has 1 fully saturated rings. The van der Waals surface area contributed by atoms with Gasteiger partial charge in [-0.05, 0) is 68.2 Å². The van der Waals surface area contributed by atoms with Gasteiger partial charge in [-0.1, -0.05) is 23.7 Å². The van der Waals surface area contributed by atoms with E-state index in [0.29, 0.717) is 5.92 Å². The van der Waals surface area contributed by atoms with Gasteiger partial charge in [-0.2, -0.15) is 0 Å². The van der Waals surface area contributed by atoms with E-state index >= 15 is 0 Å². The van der Waals surface area contributed by atoms with Gasteiger partial charge in [0.05, 0.1) is 10.7 Å². The molecule has 0 saturated heterocycles. The van der Waals surface area contributed by atoms with E-state index in [1.165, 1.54) is 11.6 Å². The molecule has 0 amide bonds. The number of benzene rings is 1. The molecule has 1 heterocycles.